The number of benzene rings is 1. The van der Waals surface area contributed by atoms with Crippen molar-refractivity contribution in [1.82, 2.24) is 0 Å². The Morgan fingerprint density at radius 1 is 1.27 bits per heavy atom. The predicted octanol–water partition coefficient (Wildman–Crippen LogP) is 2.67. The molecule has 0 amide bonds. The number of hydrogen-bond donors (Lipinski definition) is 2. The minimum atomic E-state index is 0.578. The Morgan fingerprint density at radius 3 is 2.60 bits per heavy atom. The van der Waals surface area contributed by atoms with Crippen LogP contribution < -0.4 is 16.2 Å². The van der Waals surface area contributed by atoms with Crippen molar-refractivity contribution in [1.29, 1.82) is 0 Å². The van der Waals surface area contributed by atoms with Gasteiger partial charge in [-0.15, -0.1) is 0 Å². The number of nitrogens with two attached hydrogens (primary N) is 2. The SMILES string of the molecule is CCCC(C)COc1ccc(N)c(N)c1. The molecule has 1 unspecified atom stereocenters. The first-order valence-electron chi connectivity index (χ1n) is 5.41. The average molecular weight is 208 g/mol. The van der Waals surface area contributed by atoms with Crippen LogP contribution in [-0.4, -0.2) is 6.61 Å². The highest BCUT2D eigenvalue weighted by molar-refractivity contribution is 5.65. The van der Waals surface area contributed by atoms with Gasteiger partial charge in [0.2, 0.25) is 0 Å². The third kappa shape index (κ3) is 3.70. The highest BCUT2D eigenvalue weighted by Crippen LogP contribution is 2.22. The van der Waals surface area contributed by atoms with Gasteiger partial charge in [0.15, 0.2) is 0 Å². The van der Waals surface area contributed by atoms with E-state index in [0.29, 0.717) is 17.3 Å². The minimum Gasteiger partial charge on any atom is -0.493 e. The van der Waals surface area contributed by atoms with Crippen LogP contribution >= 0.6 is 0 Å². The van der Waals surface area contributed by atoms with Crippen molar-refractivity contribution in [2.75, 3.05) is 18.1 Å². The maximum absolute atomic E-state index is 5.68. The van der Waals surface area contributed by atoms with Crippen molar-refractivity contribution in [2.45, 2.75) is 26.7 Å². The molecule has 3 nitrogen and oxygen atoms in total. The van der Waals surface area contributed by atoms with Gasteiger partial charge in [-0.3, -0.25) is 0 Å². The lowest BCUT2D eigenvalue weighted by Gasteiger charge is -2.12. The standard InChI is InChI=1S/C12H20N2O/c1-3-4-9(2)8-15-10-5-6-11(13)12(14)7-10/h5-7,9H,3-4,8,13-14H2,1-2H3. The summed E-state index contributed by atoms with van der Waals surface area (Å²) in [4.78, 5) is 0. The molecule has 1 aromatic rings. The molecule has 0 fully saturated rings. The van der Waals surface area contributed by atoms with E-state index in [1.165, 1.54) is 12.8 Å². The van der Waals surface area contributed by atoms with Crippen LogP contribution in [0.3, 0.4) is 0 Å². The topological polar surface area (TPSA) is 61.3 Å². The van der Waals surface area contributed by atoms with E-state index in [1.54, 1.807) is 12.1 Å². The van der Waals surface area contributed by atoms with Crippen molar-refractivity contribution in [2.24, 2.45) is 5.92 Å². The smallest absolute Gasteiger partial charge is 0.121 e. The van der Waals surface area contributed by atoms with Crippen LogP contribution in [0.25, 0.3) is 0 Å². The molecule has 0 aliphatic heterocycles. The molecule has 4 N–H and O–H groups in total. The molecule has 0 aliphatic rings. The first kappa shape index (κ1) is 11.7. The maximum Gasteiger partial charge on any atom is 0.121 e. The molecule has 0 saturated carbocycles. The number of nitrogen functional groups attached to an aromatic ring is 2. The van der Waals surface area contributed by atoms with Gasteiger partial charge >= 0.3 is 0 Å². The van der Waals surface area contributed by atoms with Crippen molar-refractivity contribution < 1.29 is 4.74 Å². The second kappa shape index (κ2) is 5.49. The molecular formula is C12H20N2O. The molecule has 0 aliphatic carbocycles. The lowest BCUT2D eigenvalue weighted by molar-refractivity contribution is 0.251. The lowest BCUT2D eigenvalue weighted by Crippen LogP contribution is -2.08. The van der Waals surface area contributed by atoms with Crippen molar-refractivity contribution in [3.05, 3.63) is 18.2 Å². The summed E-state index contributed by atoms with van der Waals surface area (Å²) in [6.07, 6.45) is 2.37. The average Bonchev–Trinajstić information content (AvgIpc) is 2.20. The van der Waals surface area contributed by atoms with Gasteiger partial charge in [0.25, 0.3) is 0 Å². The highest BCUT2D eigenvalue weighted by atomic mass is 16.5. The third-order valence-corrected chi connectivity index (χ3v) is 2.37. The first-order valence-corrected chi connectivity index (χ1v) is 5.41. The van der Waals surface area contributed by atoms with E-state index in [2.05, 4.69) is 13.8 Å². The van der Waals surface area contributed by atoms with E-state index >= 15 is 0 Å². The molecule has 0 spiro atoms. The van der Waals surface area contributed by atoms with Crippen LogP contribution in [0.5, 0.6) is 5.75 Å². The number of ether oxygens (including phenoxy) is 1. The van der Waals surface area contributed by atoms with Crippen LogP contribution in [0.15, 0.2) is 18.2 Å². The van der Waals surface area contributed by atoms with Crippen molar-refractivity contribution >= 4 is 11.4 Å². The second-order valence-electron chi connectivity index (χ2n) is 4.00. The second-order valence-corrected chi connectivity index (χ2v) is 4.00. The summed E-state index contributed by atoms with van der Waals surface area (Å²) in [5, 5.41) is 0. The summed E-state index contributed by atoms with van der Waals surface area (Å²) in [6.45, 7) is 5.10. The van der Waals surface area contributed by atoms with Gasteiger partial charge in [0.05, 0.1) is 18.0 Å². The Balaban J connectivity index is 2.47. The van der Waals surface area contributed by atoms with Crippen LogP contribution in [0, 0.1) is 5.92 Å². The molecule has 0 aromatic heterocycles. The summed E-state index contributed by atoms with van der Waals surface area (Å²) >= 11 is 0. The lowest BCUT2D eigenvalue weighted by atomic mass is 10.1. The molecule has 1 atom stereocenters. The molecule has 3 heteroatoms. The summed E-state index contributed by atoms with van der Waals surface area (Å²) in [5.41, 5.74) is 12.5. The van der Waals surface area contributed by atoms with E-state index < -0.39 is 0 Å². The van der Waals surface area contributed by atoms with E-state index in [4.69, 9.17) is 16.2 Å². The van der Waals surface area contributed by atoms with Crippen LogP contribution in [0.2, 0.25) is 0 Å². The molecule has 0 bridgehead atoms. The number of anilines is 2. The van der Waals surface area contributed by atoms with Crippen LogP contribution in [-0.2, 0) is 0 Å². The maximum atomic E-state index is 5.68. The minimum absolute atomic E-state index is 0.578. The van der Waals surface area contributed by atoms with Gasteiger partial charge in [-0.2, -0.15) is 0 Å². The largest absolute Gasteiger partial charge is 0.493 e. The Labute approximate surface area is 91.4 Å². The Hall–Kier alpha value is -1.38. The van der Waals surface area contributed by atoms with Crippen LogP contribution in [0.4, 0.5) is 11.4 Å². The summed E-state index contributed by atoms with van der Waals surface area (Å²) in [6, 6.07) is 5.40. The summed E-state index contributed by atoms with van der Waals surface area (Å²) in [7, 11) is 0. The van der Waals surface area contributed by atoms with E-state index in [1.807, 2.05) is 6.07 Å². The fourth-order valence-electron chi connectivity index (χ4n) is 1.46. The van der Waals surface area contributed by atoms with E-state index in [0.717, 1.165) is 12.4 Å². The molecule has 0 radical (unpaired) electrons. The molecule has 1 rings (SSSR count). The Morgan fingerprint density at radius 2 is 2.00 bits per heavy atom. The van der Waals surface area contributed by atoms with Gasteiger partial charge < -0.3 is 16.2 Å². The van der Waals surface area contributed by atoms with Gasteiger partial charge in [-0.05, 0) is 24.5 Å². The molecule has 84 valence electrons. The van der Waals surface area contributed by atoms with Gasteiger partial charge in [-0.25, -0.2) is 0 Å². The monoisotopic (exact) mass is 208 g/mol. The fourth-order valence-corrected chi connectivity index (χ4v) is 1.46. The Bertz CT molecular complexity index is 312. The van der Waals surface area contributed by atoms with Crippen LogP contribution in [0.1, 0.15) is 26.7 Å². The summed E-state index contributed by atoms with van der Waals surface area (Å²) in [5.74, 6) is 1.37. The molecule has 15 heavy (non-hydrogen) atoms. The summed E-state index contributed by atoms with van der Waals surface area (Å²) < 4.78 is 5.62. The molecule has 1 aromatic carbocycles. The zero-order chi connectivity index (χ0) is 11.3. The van der Waals surface area contributed by atoms with Crippen molar-refractivity contribution in [3.8, 4) is 5.75 Å². The van der Waals surface area contributed by atoms with Crippen molar-refractivity contribution in [3.63, 3.8) is 0 Å². The van der Waals surface area contributed by atoms with E-state index in [9.17, 15) is 0 Å². The number of hydrogen-bond acceptors (Lipinski definition) is 3. The molecular weight excluding hydrogens is 188 g/mol. The van der Waals surface area contributed by atoms with Gasteiger partial charge in [0, 0.05) is 6.07 Å². The zero-order valence-electron chi connectivity index (χ0n) is 9.49. The highest BCUT2D eigenvalue weighted by Gasteiger charge is 2.03. The quantitative estimate of drug-likeness (QED) is 0.731. The normalized spacial score (nSPS) is 12.4. The third-order valence-electron chi connectivity index (χ3n) is 2.37. The molecule has 0 heterocycles. The predicted molar refractivity (Wildman–Crippen MR) is 64.8 cm³/mol. The Kier molecular flexibility index (Phi) is 4.28. The molecule has 0 saturated heterocycles. The fraction of sp³-hybridized carbons (Fsp3) is 0.500. The van der Waals surface area contributed by atoms with Gasteiger partial charge in [-0.1, -0.05) is 20.3 Å². The first-order chi connectivity index (χ1) is 7.13. The van der Waals surface area contributed by atoms with Gasteiger partial charge in [0.1, 0.15) is 5.75 Å². The zero-order valence-corrected chi connectivity index (χ0v) is 9.49. The van der Waals surface area contributed by atoms with E-state index in [-0.39, 0.29) is 0 Å². The number of rotatable bonds is 5.